The van der Waals surface area contributed by atoms with Crippen molar-refractivity contribution in [1.29, 1.82) is 0 Å². The second-order valence-electron chi connectivity index (χ2n) is 5.64. The van der Waals surface area contributed by atoms with Crippen molar-refractivity contribution in [3.8, 4) is 0 Å². The quantitative estimate of drug-likeness (QED) is 0.635. The van der Waals surface area contributed by atoms with Gasteiger partial charge in [0.1, 0.15) is 5.82 Å². The van der Waals surface area contributed by atoms with E-state index in [2.05, 4.69) is 61.7 Å². The third-order valence-electron chi connectivity index (χ3n) is 3.60. The van der Waals surface area contributed by atoms with Crippen molar-refractivity contribution in [1.82, 2.24) is 9.97 Å². The molecule has 0 aliphatic heterocycles. The second-order valence-corrected chi connectivity index (χ2v) is 6.56. The van der Waals surface area contributed by atoms with Crippen molar-refractivity contribution in [3.63, 3.8) is 0 Å². The van der Waals surface area contributed by atoms with Gasteiger partial charge in [-0.05, 0) is 43.2 Å². The van der Waals surface area contributed by atoms with Gasteiger partial charge in [-0.15, -0.1) is 0 Å². The highest BCUT2D eigenvalue weighted by atomic mass is 79.9. The summed E-state index contributed by atoms with van der Waals surface area (Å²) in [6, 6.07) is 18.3. The van der Waals surface area contributed by atoms with Gasteiger partial charge in [0.05, 0.1) is 0 Å². The lowest BCUT2D eigenvalue weighted by atomic mass is 10.2. The fourth-order valence-electron chi connectivity index (χ4n) is 2.39. The minimum absolute atomic E-state index is 0.621. The van der Waals surface area contributed by atoms with E-state index in [0.717, 1.165) is 27.2 Å². The fourth-order valence-corrected chi connectivity index (χ4v) is 2.87. The number of aromatic nitrogens is 2. The fraction of sp³-hybridized carbons (Fsp3) is 0.158. The largest absolute Gasteiger partial charge is 0.350 e. The Balaban J connectivity index is 1.76. The van der Waals surface area contributed by atoms with E-state index in [-0.39, 0.29) is 0 Å². The Morgan fingerprint density at radius 1 is 0.958 bits per heavy atom. The molecule has 0 bridgehead atoms. The average Bonchev–Trinajstić information content (AvgIpc) is 2.56. The smallest absolute Gasteiger partial charge is 0.225 e. The molecule has 0 saturated carbocycles. The van der Waals surface area contributed by atoms with Gasteiger partial charge in [-0.1, -0.05) is 46.3 Å². The number of anilines is 3. The number of benzene rings is 2. The Morgan fingerprint density at radius 3 is 2.50 bits per heavy atom. The third-order valence-corrected chi connectivity index (χ3v) is 4.09. The number of aryl methyl sites for hydroxylation is 2. The first-order chi connectivity index (χ1) is 11.6. The lowest BCUT2D eigenvalue weighted by molar-refractivity contribution is 1.03. The predicted octanol–water partition coefficient (Wildman–Crippen LogP) is 5.21. The first-order valence-electron chi connectivity index (χ1n) is 7.77. The first kappa shape index (κ1) is 16.5. The van der Waals surface area contributed by atoms with E-state index in [1.807, 2.05) is 43.3 Å². The Labute approximate surface area is 150 Å². The topological polar surface area (TPSA) is 49.8 Å². The molecule has 0 amide bonds. The summed E-state index contributed by atoms with van der Waals surface area (Å²) in [5.41, 5.74) is 4.29. The summed E-state index contributed by atoms with van der Waals surface area (Å²) in [6.45, 7) is 4.73. The van der Waals surface area contributed by atoms with Crippen molar-refractivity contribution in [3.05, 3.63) is 75.9 Å². The molecule has 1 aromatic heterocycles. The van der Waals surface area contributed by atoms with Crippen LogP contribution in [0.4, 0.5) is 17.5 Å². The maximum absolute atomic E-state index is 4.56. The van der Waals surface area contributed by atoms with E-state index in [1.165, 1.54) is 5.56 Å². The Bertz CT molecular complexity index is 834. The number of halogens is 1. The van der Waals surface area contributed by atoms with Crippen LogP contribution in [0.1, 0.15) is 16.8 Å². The molecule has 0 aliphatic rings. The second kappa shape index (κ2) is 7.45. The Kier molecular flexibility index (Phi) is 5.11. The average molecular weight is 383 g/mol. The van der Waals surface area contributed by atoms with Crippen LogP contribution in [0.2, 0.25) is 0 Å². The van der Waals surface area contributed by atoms with Crippen LogP contribution >= 0.6 is 15.9 Å². The lowest BCUT2D eigenvalue weighted by Crippen LogP contribution is -2.06. The van der Waals surface area contributed by atoms with Crippen LogP contribution in [0, 0.1) is 13.8 Å². The van der Waals surface area contributed by atoms with Crippen LogP contribution in [0.15, 0.2) is 59.1 Å². The molecule has 0 fully saturated rings. The maximum Gasteiger partial charge on any atom is 0.225 e. The summed E-state index contributed by atoms with van der Waals surface area (Å²) in [4.78, 5) is 9.02. The molecule has 0 saturated heterocycles. The molecule has 3 rings (SSSR count). The Morgan fingerprint density at radius 2 is 1.75 bits per heavy atom. The highest BCUT2D eigenvalue weighted by Gasteiger charge is 2.05. The van der Waals surface area contributed by atoms with E-state index in [1.54, 1.807) is 0 Å². The van der Waals surface area contributed by atoms with Gasteiger partial charge < -0.3 is 10.6 Å². The lowest BCUT2D eigenvalue weighted by Gasteiger charge is -2.12. The van der Waals surface area contributed by atoms with E-state index in [4.69, 9.17) is 0 Å². The van der Waals surface area contributed by atoms with Gasteiger partial charge in [0.2, 0.25) is 5.95 Å². The van der Waals surface area contributed by atoms with Crippen LogP contribution in [0.3, 0.4) is 0 Å². The molecule has 0 aliphatic carbocycles. The predicted molar refractivity (Wildman–Crippen MR) is 103 cm³/mol. The number of nitrogens with one attached hydrogen (secondary N) is 2. The van der Waals surface area contributed by atoms with E-state index in [9.17, 15) is 0 Å². The van der Waals surface area contributed by atoms with Crippen molar-refractivity contribution < 1.29 is 0 Å². The molecule has 1 heterocycles. The van der Waals surface area contributed by atoms with Gasteiger partial charge in [-0.25, -0.2) is 4.98 Å². The zero-order valence-corrected chi connectivity index (χ0v) is 15.3. The Hall–Kier alpha value is -2.40. The molecule has 122 valence electrons. The zero-order valence-electron chi connectivity index (χ0n) is 13.7. The van der Waals surface area contributed by atoms with Crippen molar-refractivity contribution >= 4 is 33.4 Å². The van der Waals surface area contributed by atoms with E-state index < -0.39 is 0 Å². The zero-order chi connectivity index (χ0) is 16.9. The van der Waals surface area contributed by atoms with Crippen molar-refractivity contribution in [2.75, 3.05) is 10.6 Å². The molecule has 0 atom stereocenters. The number of rotatable bonds is 5. The molecular weight excluding hydrogens is 364 g/mol. The molecule has 24 heavy (non-hydrogen) atoms. The minimum atomic E-state index is 0.621. The number of nitrogens with zero attached hydrogens (tertiary/aromatic N) is 2. The van der Waals surface area contributed by atoms with Crippen molar-refractivity contribution in [2.24, 2.45) is 0 Å². The maximum atomic E-state index is 4.56. The van der Waals surface area contributed by atoms with Gasteiger partial charge >= 0.3 is 0 Å². The molecule has 2 N–H and O–H groups in total. The molecular formula is C19H19BrN4. The molecule has 0 radical (unpaired) electrons. The molecule has 0 spiro atoms. The van der Waals surface area contributed by atoms with E-state index in [0.29, 0.717) is 12.5 Å². The molecule has 5 heteroatoms. The highest BCUT2D eigenvalue weighted by Crippen LogP contribution is 2.23. The van der Waals surface area contributed by atoms with Gasteiger partial charge in [0.15, 0.2) is 0 Å². The van der Waals surface area contributed by atoms with Crippen LogP contribution in [-0.4, -0.2) is 9.97 Å². The van der Waals surface area contributed by atoms with Gasteiger partial charge in [0, 0.05) is 28.5 Å². The third kappa shape index (κ3) is 4.32. The van der Waals surface area contributed by atoms with Crippen LogP contribution in [0.25, 0.3) is 0 Å². The summed E-state index contributed by atoms with van der Waals surface area (Å²) in [7, 11) is 0. The SMILES string of the molecule is Cc1cc(Nc2ccc(Br)cc2C)nc(NCc2ccccc2)n1. The summed E-state index contributed by atoms with van der Waals surface area (Å²) < 4.78 is 1.06. The summed E-state index contributed by atoms with van der Waals surface area (Å²) in [5.74, 6) is 1.40. The van der Waals surface area contributed by atoms with Crippen molar-refractivity contribution in [2.45, 2.75) is 20.4 Å². The van der Waals surface area contributed by atoms with Gasteiger partial charge in [-0.2, -0.15) is 4.98 Å². The van der Waals surface area contributed by atoms with Gasteiger partial charge in [0.25, 0.3) is 0 Å². The van der Waals surface area contributed by atoms with Crippen LogP contribution in [0.5, 0.6) is 0 Å². The summed E-state index contributed by atoms with van der Waals surface area (Å²) >= 11 is 3.48. The van der Waals surface area contributed by atoms with Crippen LogP contribution in [-0.2, 0) is 6.54 Å². The van der Waals surface area contributed by atoms with Crippen LogP contribution < -0.4 is 10.6 Å². The molecule has 2 aromatic carbocycles. The first-order valence-corrected chi connectivity index (χ1v) is 8.56. The molecule has 4 nitrogen and oxygen atoms in total. The summed E-state index contributed by atoms with van der Waals surface area (Å²) in [6.07, 6.45) is 0. The van der Waals surface area contributed by atoms with E-state index >= 15 is 0 Å². The molecule has 0 unspecified atom stereocenters. The highest BCUT2D eigenvalue weighted by molar-refractivity contribution is 9.10. The monoisotopic (exact) mass is 382 g/mol. The normalized spacial score (nSPS) is 10.5. The summed E-state index contributed by atoms with van der Waals surface area (Å²) in [5, 5.41) is 6.65. The van der Waals surface area contributed by atoms with Gasteiger partial charge in [-0.3, -0.25) is 0 Å². The molecule has 3 aromatic rings. The standard InChI is InChI=1S/C19H19BrN4/c1-13-10-16(20)8-9-17(13)23-18-11-14(2)22-19(24-18)21-12-15-6-4-3-5-7-15/h3-11H,12H2,1-2H3,(H2,21,22,23,24). The minimum Gasteiger partial charge on any atom is -0.350 e. The number of hydrogen-bond donors (Lipinski definition) is 2. The number of hydrogen-bond acceptors (Lipinski definition) is 4.